The summed E-state index contributed by atoms with van der Waals surface area (Å²) in [6, 6.07) is 17.0. The van der Waals surface area contributed by atoms with Gasteiger partial charge >= 0.3 is 0 Å². The molecule has 1 aromatic heterocycles. The number of benzene rings is 2. The molecular formula is C20H22BrNO3S. The molecule has 0 aliphatic carbocycles. The zero-order chi connectivity index (χ0) is 18.6. The molecule has 2 aromatic carbocycles. The number of halogens is 1. The SMILES string of the molecule is CS(=O)(=O)OCCCCCc1ccc2c(ccn2-c2ccc(Br)cc2)c1. The van der Waals surface area contributed by atoms with Gasteiger partial charge in [0.2, 0.25) is 0 Å². The third-order valence-corrected chi connectivity index (χ3v) is 5.39. The summed E-state index contributed by atoms with van der Waals surface area (Å²) in [5.74, 6) is 0. The van der Waals surface area contributed by atoms with Crippen LogP contribution in [0, 0.1) is 0 Å². The van der Waals surface area contributed by atoms with Gasteiger partial charge < -0.3 is 4.57 Å². The molecular weight excluding hydrogens is 414 g/mol. The number of hydrogen-bond acceptors (Lipinski definition) is 3. The van der Waals surface area contributed by atoms with Gasteiger partial charge in [0.25, 0.3) is 10.1 Å². The largest absolute Gasteiger partial charge is 0.317 e. The van der Waals surface area contributed by atoms with E-state index in [1.165, 1.54) is 16.5 Å². The Morgan fingerprint density at radius 1 is 1.00 bits per heavy atom. The standard InChI is InChI=1S/C20H22BrNO3S/c1-26(23,24)25-14-4-2-3-5-16-6-11-20-17(15-16)12-13-22(20)19-9-7-18(21)8-10-19/h6-13,15H,2-5,14H2,1H3. The van der Waals surface area contributed by atoms with E-state index in [1.807, 2.05) is 12.1 Å². The van der Waals surface area contributed by atoms with E-state index in [2.05, 4.69) is 63.1 Å². The van der Waals surface area contributed by atoms with Crippen molar-refractivity contribution >= 4 is 37.0 Å². The van der Waals surface area contributed by atoms with E-state index < -0.39 is 10.1 Å². The summed E-state index contributed by atoms with van der Waals surface area (Å²) >= 11 is 3.47. The number of hydrogen-bond donors (Lipinski definition) is 0. The van der Waals surface area contributed by atoms with Crippen molar-refractivity contribution in [2.75, 3.05) is 12.9 Å². The third kappa shape index (κ3) is 5.19. The van der Waals surface area contributed by atoms with E-state index in [0.29, 0.717) is 0 Å². The Bertz CT molecular complexity index is 978. The minimum Gasteiger partial charge on any atom is -0.317 e. The third-order valence-electron chi connectivity index (χ3n) is 4.27. The summed E-state index contributed by atoms with van der Waals surface area (Å²) in [4.78, 5) is 0. The first kappa shape index (κ1) is 19.1. The molecule has 0 unspecified atom stereocenters. The number of rotatable bonds is 8. The number of aryl methyl sites for hydroxylation is 1. The van der Waals surface area contributed by atoms with Gasteiger partial charge in [-0.15, -0.1) is 0 Å². The molecule has 0 amide bonds. The van der Waals surface area contributed by atoms with Crippen molar-refractivity contribution in [3.05, 3.63) is 64.8 Å². The van der Waals surface area contributed by atoms with Gasteiger partial charge in [-0.2, -0.15) is 8.42 Å². The highest BCUT2D eigenvalue weighted by Crippen LogP contribution is 2.23. The van der Waals surface area contributed by atoms with Crippen LogP contribution in [-0.2, 0) is 20.7 Å². The maximum Gasteiger partial charge on any atom is 0.264 e. The van der Waals surface area contributed by atoms with Gasteiger partial charge in [0.15, 0.2) is 0 Å². The van der Waals surface area contributed by atoms with E-state index in [0.717, 1.165) is 42.1 Å². The number of aromatic nitrogens is 1. The van der Waals surface area contributed by atoms with Crippen LogP contribution >= 0.6 is 15.9 Å². The molecule has 0 spiro atoms. The summed E-state index contributed by atoms with van der Waals surface area (Å²) in [5, 5.41) is 1.23. The van der Waals surface area contributed by atoms with Gasteiger partial charge in [-0.1, -0.05) is 28.4 Å². The smallest absolute Gasteiger partial charge is 0.264 e. The van der Waals surface area contributed by atoms with Crippen LogP contribution in [0.2, 0.25) is 0 Å². The van der Waals surface area contributed by atoms with E-state index in [4.69, 9.17) is 4.18 Å². The molecule has 26 heavy (non-hydrogen) atoms. The maximum absolute atomic E-state index is 10.9. The van der Waals surface area contributed by atoms with Crippen LogP contribution in [-0.4, -0.2) is 25.8 Å². The Kier molecular flexibility index (Phi) is 6.16. The van der Waals surface area contributed by atoms with Crippen molar-refractivity contribution in [3.63, 3.8) is 0 Å². The summed E-state index contributed by atoms with van der Waals surface area (Å²) in [7, 11) is -3.32. The second kappa shape index (κ2) is 8.37. The predicted octanol–water partition coefficient (Wildman–Crippen LogP) is 5.08. The molecule has 0 aliphatic rings. The van der Waals surface area contributed by atoms with Crippen molar-refractivity contribution in [2.24, 2.45) is 0 Å². The van der Waals surface area contributed by atoms with Crippen LogP contribution in [0.4, 0.5) is 0 Å². The molecule has 0 aliphatic heterocycles. The summed E-state index contributed by atoms with van der Waals surface area (Å²) in [6.45, 7) is 0.272. The molecule has 0 saturated carbocycles. The lowest BCUT2D eigenvalue weighted by molar-refractivity contribution is 0.310. The van der Waals surface area contributed by atoms with Crippen molar-refractivity contribution in [1.82, 2.24) is 4.57 Å². The fourth-order valence-electron chi connectivity index (χ4n) is 2.99. The van der Waals surface area contributed by atoms with Gasteiger partial charge in [0.05, 0.1) is 18.4 Å². The first-order valence-electron chi connectivity index (χ1n) is 8.63. The lowest BCUT2D eigenvalue weighted by Crippen LogP contribution is -2.04. The molecule has 0 fully saturated rings. The van der Waals surface area contributed by atoms with Gasteiger partial charge in [0, 0.05) is 21.7 Å². The lowest BCUT2D eigenvalue weighted by atomic mass is 10.1. The molecule has 1 heterocycles. The van der Waals surface area contributed by atoms with Crippen LogP contribution in [0.25, 0.3) is 16.6 Å². The molecule has 0 atom stereocenters. The molecule has 0 radical (unpaired) electrons. The van der Waals surface area contributed by atoms with Gasteiger partial charge in [-0.25, -0.2) is 0 Å². The van der Waals surface area contributed by atoms with Crippen molar-refractivity contribution in [2.45, 2.75) is 25.7 Å². The average molecular weight is 436 g/mol. The zero-order valence-corrected chi connectivity index (χ0v) is 17.1. The lowest BCUT2D eigenvalue weighted by Gasteiger charge is -2.07. The molecule has 3 rings (SSSR count). The molecule has 0 saturated heterocycles. The fraction of sp³-hybridized carbons (Fsp3) is 0.300. The zero-order valence-electron chi connectivity index (χ0n) is 14.7. The van der Waals surface area contributed by atoms with Crippen LogP contribution in [0.15, 0.2) is 59.2 Å². The van der Waals surface area contributed by atoms with Crippen molar-refractivity contribution in [1.29, 1.82) is 0 Å². The Morgan fingerprint density at radius 2 is 1.77 bits per heavy atom. The van der Waals surface area contributed by atoms with Crippen LogP contribution < -0.4 is 0 Å². The Morgan fingerprint density at radius 3 is 2.50 bits per heavy atom. The highest BCUT2D eigenvalue weighted by Gasteiger charge is 2.05. The first-order chi connectivity index (χ1) is 12.4. The Balaban J connectivity index is 1.59. The molecule has 0 bridgehead atoms. The molecule has 0 N–H and O–H groups in total. The highest BCUT2D eigenvalue weighted by molar-refractivity contribution is 9.10. The van der Waals surface area contributed by atoms with Crippen LogP contribution in [0.3, 0.4) is 0 Å². The van der Waals surface area contributed by atoms with Crippen molar-refractivity contribution < 1.29 is 12.6 Å². The summed E-state index contributed by atoms with van der Waals surface area (Å²) in [6.07, 6.45) is 6.90. The fourth-order valence-corrected chi connectivity index (χ4v) is 3.68. The predicted molar refractivity (Wildman–Crippen MR) is 109 cm³/mol. The topological polar surface area (TPSA) is 48.3 Å². The number of unbranched alkanes of at least 4 members (excludes halogenated alkanes) is 2. The summed E-state index contributed by atoms with van der Waals surface area (Å²) < 4.78 is 29.8. The minimum absolute atomic E-state index is 0.272. The second-order valence-electron chi connectivity index (χ2n) is 6.39. The Labute approximate surface area is 163 Å². The quantitative estimate of drug-likeness (QED) is 0.366. The van der Waals surface area contributed by atoms with Gasteiger partial charge in [0.1, 0.15) is 0 Å². The normalized spacial score (nSPS) is 11.9. The average Bonchev–Trinajstić information content (AvgIpc) is 3.01. The van der Waals surface area contributed by atoms with Crippen molar-refractivity contribution in [3.8, 4) is 5.69 Å². The second-order valence-corrected chi connectivity index (χ2v) is 8.95. The Hall–Kier alpha value is -1.63. The first-order valence-corrected chi connectivity index (χ1v) is 11.2. The highest BCUT2D eigenvalue weighted by atomic mass is 79.9. The minimum atomic E-state index is -3.32. The number of fused-ring (bicyclic) bond motifs is 1. The van der Waals surface area contributed by atoms with Crippen LogP contribution in [0.5, 0.6) is 0 Å². The maximum atomic E-state index is 10.9. The molecule has 138 valence electrons. The molecule has 4 nitrogen and oxygen atoms in total. The van der Waals surface area contributed by atoms with Crippen LogP contribution in [0.1, 0.15) is 24.8 Å². The van der Waals surface area contributed by atoms with Gasteiger partial charge in [-0.3, -0.25) is 4.18 Å². The van der Waals surface area contributed by atoms with E-state index in [1.54, 1.807) is 0 Å². The van der Waals surface area contributed by atoms with E-state index in [9.17, 15) is 8.42 Å². The van der Waals surface area contributed by atoms with E-state index >= 15 is 0 Å². The van der Waals surface area contributed by atoms with E-state index in [-0.39, 0.29) is 6.61 Å². The summed E-state index contributed by atoms with van der Waals surface area (Å²) in [5.41, 5.74) is 3.63. The molecule has 3 aromatic rings. The molecule has 6 heteroatoms. The number of nitrogens with zero attached hydrogens (tertiary/aromatic N) is 1. The monoisotopic (exact) mass is 435 g/mol. The van der Waals surface area contributed by atoms with Gasteiger partial charge in [-0.05, 0) is 67.3 Å².